The molecule has 4 nitrogen and oxygen atoms in total. The zero-order valence-electron chi connectivity index (χ0n) is 18.0. The van der Waals surface area contributed by atoms with Gasteiger partial charge in [-0.2, -0.15) is 0 Å². The lowest BCUT2D eigenvalue weighted by Gasteiger charge is -2.23. The van der Waals surface area contributed by atoms with Crippen molar-refractivity contribution in [2.24, 2.45) is 0 Å². The van der Waals surface area contributed by atoms with Crippen LogP contribution in [0.1, 0.15) is 35.1 Å². The highest BCUT2D eigenvalue weighted by molar-refractivity contribution is 9.11. The van der Waals surface area contributed by atoms with Crippen LogP contribution in [0, 0.1) is 6.92 Å². The second-order valence-electron chi connectivity index (χ2n) is 8.08. The molecule has 0 bridgehead atoms. The molecule has 5 heteroatoms. The predicted molar refractivity (Wildman–Crippen MR) is 125 cm³/mol. The van der Waals surface area contributed by atoms with Crippen LogP contribution in [-0.2, 0) is 20.6 Å². The number of methoxy groups -OCH3 is 2. The number of ether oxygens (including phenoxy) is 3. The van der Waals surface area contributed by atoms with Crippen LogP contribution in [0.4, 0.5) is 5.69 Å². The van der Waals surface area contributed by atoms with Crippen LogP contribution in [0.15, 0.2) is 46.9 Å². The van der Waals surface area contributed by atoms with Crippen LogP contribution in [0.5, 0.6) is 0 Å². The van der Waals surface area contributed by atoms with Gasteiger partial charge < -0.3 is 19.1 Å². The van der Waals surface area contributed by atoms with E-state index in [0.29, 0.717) is 6.61 Å². The molecule has 1 fully saturated rings. The third kappa shape index (κ3) is 4.65. The van der Waals surface area contributed by atoms with Crippen molar-refractivity contribution in [3.05, 3.63) is 69.2 Å². The molecule has 0 aromatic heterocycles. The molecule has 1 heterocycles. The van der Waals surface area contributed by atoms with E-state index in [1.807, 2.05) is 0 Å². The van der Waals surface area contributed by atoms with Gasteiger partial charge in [-0.3, -0.25) is 0 Å². The summed E-state index contributed by atoms with van der Waals surface area (Å²) < 4.78 is 17.7. The Bertz CT molecular complexity index is 905. The number of hydrogen-bond donors (Lipinski definition) is 0. The van der Waals surface area contributed by atoms with Crippen LogP contribution in [-0.4, -0.2) is 46.3 Å². The Kier molecular flexibility index (Phi) is 6.94. The van der Waals surface area contributed by atoms with Crippen molar-refractivity contribution in [3.8, 4) is 0 Å². The van der Waals surface area contributed by atoms with Gasteiger partial charge in [0, 0.05) is 37.5 Å². The van der Waals surface area contributed by atoms with E-state index < -0.39 is 0 Å². The van der Waals surface area contributed by atoms with Gasteiger partial charge in [0.1, 0.15) is 0 Å². The van der Waals surface area contributed by atoms with Crippen LogP contribution in [0.3, 0.4) is 0 Å². The predicted octanol–water partition coefficient (Wildman–Crippen LogP) is 5.31. The molecule has 0 amide bonds. The molecule has 0 radical (unpaired) electrons. The zero-order chi connectivity index (χ0) is 21.1. The van der Waals surface area contributed by atoms with Gasteiger partial charge in [0.05, 0.1) is 12.7 Å². The van der Waals surface area contributed by atoms with Crippen molar-refractivity contribution >= 4 is 27.2 Å². The molecule has 4 rings (SSSR count). The van der Waals surface area contributed by atoms with Crippen molar-refractivity contribution in [1.29, 1.82) is 0 Å². The fourth-order valence-electron chi connectivity index (χ4n) is 4.39. The van der Waals surface area contributed by atoms with Crippen molar-refractivity contribution in [2.75, 3.05) is 38.8 Å². The Morgan fingerprint density at radius 1 is 1.07 bits per heavy atom. The summed E-state index contributed by atoms with van der Waals surface area (Å²) in [5.41, 5.74) is 7.97. The molecule has 0 spiro atoms. The summed E-state index contributed by atoms with van der Waals surface area (Å²) in [6, 6.07) is 15.8. The van der Waals surface area contributed by atoms with Gasteiger partial charge >= 0.3 is 0 Å². The molecule has 2 aromatic rings. The molecule has 2 aromatic carbocycles. The molecular weight excluding hydrogens is 442 g/mol. The van der Waals surface area contributed by atoms with E-state index in [2.05, 4.69) is 70.2 Å². The minimum absolute atomic E-state index is 0.211. The van der Waals surface area contributed by atoms with Gasteiger partial charge in [0.15, 0.2) is 6.29 Å². The van der Waals surface area contributed by atoms with Gasteiger partial charge in [-0.05, 0) is 60.6 Å². The SMILES string of the molecule is COC(CO[C@H]1CCN(c2ccc(C3=C(Br)CCc4cc(C)ccc43)cc2)C1)OC. The van der Waals surface area contributed by atoms with Gasteiger partial charge in [0.25, 0.3) is 0 Å². The smallest absolute Gasteiger partial charge is 0.180 e. The number of fused-ring (bicyclic) bond motifs is 1. The largest absolute Gasteiger partial charge is 0.371 e. The van der Waals surface area contributed by atoms with Crippen LogP contribution in [0.25, 0.3) is 5.57 Å². The second-order valence-corrected chi connectivity index (χ2v) is 9.04. The first kappa shape index (κ1) is 21.6. The van der Waals surface area contributed by atoms with E-state index in [1.165, 1.54) is 38.0 Å². The zero-order valence-corrected chi connectivity index (χ0v) is 19.6. The highest BCUT2D eigenvalue weighted by Crippen LogP contribution is 2.39. The summed E-state index contributed by atoms with van der Waals surface area (Å²) in [6.45, 7) is 4.53. The minimum Gasteiger partial charge on any atom is -0.371 e. The third-order valence-corrected chi connectivity index (χ3v) is 6.87. The lowest BCUT2D eigenvalue weighted by molar-refractivity contribution is -0.149. The van der Waals surface area contributed by atoms with Gasteiger partial charge in [-0.25, -0.2) is 0 Å². The van der Waals surface area contributed by atoms with E-state index in [4.69, 9.17) is 14.2 Å². The Morgan fingerprint density at radius 2 is 1.83 bits per heavy atom. The fraction of sp³-hybridized carbons (Fsp3) is 0.440. The minimum atomic E-state index is -0.299. The lowest BCUT2D eigenvalue weighted by Crippen LogP contribution is -2.27. The van der Waals surface area contributed by atoms with E-state index in [-0.39, 0.29) is 12.4 Å². The molecule has 160 valence electrons. The Hall–Kier alpha value is -1.66. The van der Waals surface area contributed by atoms with Crippen molar-refractivity contribution < 1.29 is 14.2 Å². The van der Waals surface area contributed by atoms with Gasteiger partial charge in [0.2, 0.25) is 0 Å². The molecule has 1 atom stereocenters. The monoisotopic (exact) mass is 471 g/mol. The lowest BCUT2D eigenvalue weighted by atomic mass is 9.86. The molecule has 30 heavy (non-hydrogen) atoms. The number of aryl methyl sites for hydroxylation is 2. The van der Waals surface area contributed by atoms with Gasteiger partial charge in [-0.1, -0.05) is 51.8 Å². The molecule has 1 aliphatic heterocycles. The second kappa shape index (κ2) is 9.65. The standard InChI is InChI=1S/C25H30BrNO3/c1-17-4-10-22-19(14-17)7-11-23(26)25(22)18-5-8-20(9-6-18)27-13-12-21(15-27)30-16-24(28-2)29-3/h4-6,8-10,14,21,24H,7,11-13,15-16H2,1-3H3/t21-/m0/s1. The summed E-state index contributed by atoms with van der Waals surface area (Å²) in [6.07, 6.45) is 3.09. The van der Waals surface area contributed by atoms with Gasteiger partial charge in [-0.15, -0.1) is 0 Å². The first-order valence-electron chi connectivity index (χ1n) is 10.6. The average Bonchev–Trinajstić information content (AvgIpc) is 3.24. The first-order chi connectivity index (χ1) is 14.6. The maximum absolute atomic E-state index is 5.97. The molecule has 1 aliphatic carbocycles. The highest BCUT2D eigenvalue weighted by Gasteiger charge is 2.25. The number of rotatable bonds is 7. The van der Waals surface area contributed by atoms with Crippen molar-refractivity contribution in [2.45, 2.75) is 38.6 Å². The molecule has 0 unspecified atom stereocenters. The Balaban J connectivity index is 1.45. The van der Waals surface area contributed by atoms with Crippen molar-refractivity contribution in [3.63, 3.8) is 0 Å². The maximum atomic E-state index is 5.97. The average molecular weight is 472 g/mol. The van der Waals surface area contributed by atoms with Crippen molar-refractivity contribution in [1.82, 2.24) is 0 Å². The Morgan fingerprint density at radius 3 is 2.57 bits per heavy atom. The maximum Gasteiger partial charge on any atom is 0.180 e. The number of anilines is 1. The summed E-state index contributed by atoms with van der Waals surface area (Å²) in [4.78, 5) is 2.39. The quantitative estimate of drug-likeness (QED) is 0.511. The number of halogens is 1. The van der Waals surface area contributed by atoms with E-state index in [9.17, 15) is 0 Å². The summed E-state index contributed by atoms with van der Waals surface area (Å²) >= 11 is 3.85. The number of nitrogens with zero attached hydrogens (tertiary/aromatic N) is 1. The van der Waals surface area contributed by atoms with E-state index in [1.54, 1.807) is 14.2 Å². The van der Waals surface area contributed by atoms with E-state index >= 15 is 0 Å². The third-order valence-electron chi connectivity index (χ3n) is 6.08. The molecule has 0 saturated carbocycles. The van der Waals surface area contributed by atoms with E-state index in [0.717, 1.165) is 32.4 Å². The highest BCUT2D eigenvalue weighted by atomic mass is 79.9. The summed E-state index contributed by atoms with van der Waals surface area (Å²) in [5, 5.41) is 0. The topological polar surface area (TPSA) is 30.9 Å². The van der Waals surface area contributed by atoms with Crippen LogP contribution in [0.2, 0.25) is 0 Å². The number of hydrogen-bond acceptors (Lipinski definition) is 4. The molecule has 0 N–H and O–H groups in total. The van der Waals surface area contributed by atoms with Crippen LogP contribution < -0.4 is 4.90 Å². The molecule has 1 saturated heterocycles. The first-order valence-corrected chi connectivity index (χ1v) is 11.4. The van der Waals surface area contributed by atoms with Crippen LogP contribution >= 0.6 is 15.9 Å². The molecule has 2 aliphatic rings. The Labute approximate surface area is 187 Å². The fourth-order valence-corrected chi connectivity index (χ4v) is 5.03. The normalized spacial score (nSPS) is 19.0. The number of allylic oxidation sites excluding steroid dienone is 1. The summed E-state index contributed by atoms with van der Waals surface area (Å²) in [7, 11) is 3.28. The molecular formula is C25H30BrNO3. The number of benzene rings is 2. The summed E-state index contributed by atoms with van der Waals surface area (Å²) in [5.74, 6) is 0.